The summed E-state index contributed by atoms with van der Waals surface area (Å²) in [4.78, 5) is 22.1. The molecular weight excluding hydrogens is 272 g/mol. The molecule has 19 heavy (non-hydrogen) atoms. The van der Waals surface area contributed by atoms with Crippen molar-refractivity contribution in [3.63, 3.8) is 0 Å². The predicted octanol–water partition coefficient (Wildman–Crippen LogP) is 2.07. The first-order valence-corrected chi connectivity index (χ1v) is 6.14. The van der Waals surface area contributed by atoms with Crippen LogP contribution in [0.25, 0.3) is 0 Å². The van der Waals surface area contributed by atoms with Gasteiger partial charge in [0.1, 0.15) is 11.1 Å². The van der Waals surface area contributed by atoms with Gasteiger partial charge in [0.2, 0.25) is 0 Å². The largest absolute Gasteiger partial charge is 0.493 e. The molecule has 2 N–H and O–H groups in total. The third kappa shape index (κ3) is 3.68. The van der Waals surface area contributed by atoms with Gasteiger partial charge in [-0.25, -0.2) is 4.79 Å². The number of hydrogen-bond donors (Lipinski definition) is 2. The molecule has 1 aromatic rings. The molecule has 0 fully saturated rings. The van der Waals surface area contributed by atoms with Crippen LogP contribution in [0.5, 0.6) is 5.75 Å². The van der Waals surface area contributed by atoms with Crippen molar-refractivity contribution in [2.24, 2.45) is 0 Å². The van der Waals surface area contributed by atoms with Gasteiger partial charge in [-0.15, -0.1) is 11.6 Å². The van der Waals surface area contributed by atoms with Crippen molar-refractivity contribution in [2.45, 2.75) is 25.3 Å². The Bertz CT molecular complexity index is 486. The highest BCUT2D eigenvalue weighted by atomic mass is 35.5. The maximum Gasteiger partial charge on any atom is 0.337 e. The van der Waals surface area contributed by atoms with E-state index in [0.717, 1.165) is 0 Å². The average Bonchev–Trinajstić information content (AvgIpc) is 2.37. The summed E-state index contributed by atoms with van der Waals surface area (Å²) in [7, 11) is 0. The molecule has 0 heterocycles. The minimum atomic E-state index is -1.72. The number of aliphatic carboxylic acids is 1. The van der Waals surface area contributed by atoms with E-state index in [1.165, 1.54) is 19.1 Å². The van der Waals surface area contributed by atoms with E-state index in [2.05, 4.69) is 0 Å². The fourth-order valence-corrected chi connectivity index (χ4v) is 1.73. The van der Waals surface area contributed by atoms with Crippen LogP contribution < -0.4 is 4.74 Å². The van der Waals surface area contributed by atoms with E-state index in [4.69, 9.17) is 21.4 Å². The molecule has 5 nitrogen and oxygen atoms in total. The van der Waals surface area contributed by atoms with Crippen LogP contribution in [0.1, 0.15) is 36.5 Å². The molecule has 0 aliphatic rings. The fraction of sp³-hybridized carbons (Fsp3) is 0.385. The summed E-state index contributed by atoms with van der Waals surface area (Å²) >= 11 is 5.91. The molecule has 0 saturated carbocycles. The van der Waals surface area contributed by atoms with Crippen molar-refractivity contribution >= 4 is 23.4 Å². The number of carboxylic acids is 1. The summed E-state index contributed by atoms with van der Waals surface area (Å²) in [5, 5.41) is 17.6. The number of Topliss-reactive ketones (excluding diaryl/α,β-unsaturated/α-hetero) is 1. The van der Waals surface area contributed by atoms with Gasteiger partial charge in [-0.3, -0.25) is 4.79 Å². The number of ketones is 1. The lowest BCUT2D eigenvalue weighted by atomic mass is 10.0. The predicted molar refractivity (Wildman–Crippen MR) is 69.5 cm³/mol. The summed E-state index contributed by atoms with van der Waals surface area (Å²) in [6.45, 7) is 3.40. The van der Waals surface area contributed by atoms with E-state index in [1.807, 2.05) is 0 Å². The maximum absolute atomic E-state index is 11.2. The second-order valence-corrected chi connectivity index (χ2v) is 4.38. The topological polar surface area (TPSA) is 83.8 Å². The van der Waals surface area contributed by atoms with Crippen LogP contribution in [-0.2, 0) is 9.59 Å². The van der Waals surface area contributed by atoms with E-state index < -0.39 is 17.5 Å². The second kappa shape index (κ2) is 6.54. The first-order chi connectivity index (χ1) is 8.88. The van der Waals surface area contributed by atoms with Gasteiger partial charge in [0, 0.05) is 5.56 Å². The SMILES string of the molecule is CCOc1ccc(C(Cl)C(C)=O)cc1C(O)C(=O)O. The Morgan fingerprint density at radius 3 is 2.53 bits per heavy atom. The number of alkyl halides is 1. The van der Waals surface area contributed by atoms with Crippen LogP contribution >= 0.6 is 11.6 Å². The number of carboxylic acid groups (broad SMARTS) is 1. The van der Waals surface area contributed by atoms with Gasteiger partial charge in [0.25, 0.3) is 0 Å². The number of benzene rings is 1. The Kier molecular flexibility index (Phi) is 5.32. The molecular formula is C13H15ClO5. The third-order valence-electron chi connectivity index (χ3n) is 2.51. The summed E-state index contributed by atoms with van der Waals surface area (Å²) in [5.41, 5.74) is 0.506. The molecule has 104 valence electrons. The number of aliphatic hydroxyl groups excluding tert-OH is 1. The molecule has 0 amide bonds. The molecule has 0 spiro atoms. The number of carbonyl (C=O) groups is 2. The van der Waals surface area contributed by atoms with Crippen LogP contribution in [0.15, 0.2) is 18.2 Å². The van der Waals surface area contributed by atoms with Gasteiger partial charge in [0.15, 0.2) is 11.9 Å². The van der Waals surface area contributed by atoms with Crippen molar-refractivity contribution in [3.8, 4) is 5.75 Å². The van der Waals surface area contributed by atoms with Gasteiger partial charge in [-0.1, -0.05) is 6.07 Å². The summed E-state index contributed by atoms with van der Waals surface area (Å²) in [6, 6.07) is 4.45. The smallest absolute Gasteiger partial charge is 0.337 e. The summed E-state index contributed by atoms with van der Waals surface area (Å²) in [5.74, 6) is -1.40. The first kappa shape index (κ1) is 15.5. The minimum absolute atomic E-state index is 0.0822. The lowest BCUT2D eigenvalue weighted by Crippen LogP contribution is -2.13. The van der Waals surface area contributed by atoms with Crippen LogP contribution in [0.4, 0.5) is 0 Å². The number of aliphatic hydroxyl groups is 1. The van der Waals surface area contributed by atoms with Gasteiger partial charge in [-0.05, 0) is 31.5 Å². The van der Waals surface area contributed by atoms with Gasteiger partial charge < -0.3 is 14.9 Å². The second-order valence-electron chi connectivity index (χ2n) is 3.94. The molecule has 0 radical (unpaired) electrons. The molecule has 0 aromatic heterocycles. The van der Waals surface area contributed by atoms with Crippen LogP contribution in [-0.4, -0.2) is 28.6 Å². The lowest BCUT2D eigenvalue weighted by molar-refractivity contribution is -0.147. The minimum Gasteiger partial charge on any atom is -0.493 e. The zero-order valence-corrected chi connectivity index (χ0v) is 11.3. The van der Waals surface area contributed by atoms with Crippen LogP contribution in [0.2, 0.25) is 0 Å². The van der Waals surface area contributed by atoms with Gasteiger partial charge in [-0.2, -0.15) is 0 Å². The molecule has 1 aromatic carbocycles. The Morgan fingerprint density at radius 2 is 2.05 bits per heavy atom. The molecule has 1 rings (SSSR count). The third-order valence-corrected chi connectivity index (χ3v) is 3.07. The lowest BCUT2D eigenvalue weighted by Gasteiger charge is -2.15. The van der Waals surface area contributed by atoms with Gasteiger partial charge >= 0.3 is 5.97 Å². The highest BCUT2D eigenvalue weighted by Crippen LogP contribution is 2.31. The number of rotatable bonds is 6. The van der Waals surface area contributed by atoms with Crippen molar-refractivity contribution in [2.75, 3.05) is 6.61 Å². The Morgan fingerprint density at radius 1 is 1.42 bits per heavy atom. The monoisotopic (exact) mass is 286 g/mol. The zero-order chi connectivity index (χ0) is 14.6. The average molecular weight is 287 g/mol. The Labute approximate surface area is 115 Å². The molecule has 0 aliphatic carbocycles. The summed E-state index contributed by atoms with van der Waals surface area (Å²) < 4.78 is 5.25. The highest BCUT2D eigenvalue weighted by Gasteiger charge is 2.23. The zero-order valence-electron chi connectivity index (χ0n) is 10.6. The quantitative estimate of drug-likeness (QED) is 0.782. The standard InChI is InChI=1S/C13H15ClO5/c1-3-19-10-5-4-8(11(14)7(2)15)6-9(10)12(16)13(17)18/h4-6,11-12,16H,3H2,1-2H3,(H,17,18). The maximum atomic E-state index is 11.2. The van der Waals surface area contributed by atoms with E-state index in [0.29, 0.717) is 12.2 Å². The molecule has 2 unspecified atom stereocenters. The molecule has 2 atom stereocenters. The van der Waals surface area contributed by atoms with E-state index in [-0.39, 0.29) is 17.1 Å². The van der Waals surface area contributed by atoms with E-state index >= 15 is 0 Å². The van der Waals surface area contributed by atoms with Crippen LogP contribution in [0, 0.1) is 0 Å². The fourth-order valence-electron chi connectivity index (χ4n) is 1.59. The Hall–Kier alpha value is -1.59. The first-order valence-electron chi connectivity index (χ1n) is 5.70. The van der Waals surface area contributed by atoms with Crippen molar-refractivity contribution in [3.05, 3.63) is 29.3 Å². The number of hydrogen-bond acceptors (Lipinski definition) is 4. The van der Waals surface area contributed by atoms with E-state index in [1.54, 1.807) is 13.0 Å². The van der Waals surface area contributed by atoms with Crippen molar-refractivity contribution in [1.82, 2.24) is 0 Å². The molecule has 0 bridgehead atoms. The highest BCUT2D eigenvalue weighted by molar-refractivity contribution is 6.30. The number of halogens is 1. The molecule has 0 saturated heterocycles. The molecule has 0 aliphatic heterocycles. The van der Waals surface area contributed by atoms with Crippen molar-refractivity contribution in [1.29, 1.82) is 0 Å². The number of ether oxygens (including phenoxy) is 1. The van der Waals surface area contributed by atoms with E-state index in [9.17, 15) is 14.7 Å². The molecule has 6 heteroatoms. The Balaban J connectivity index is 3.25. The van der Waals surface area contributed by atoms with Gasteiger partial charge in [0.05, 0.1) is 6.61 Å². The summed E-state index contributed by atoms with van der Waals surface area (Å²) in [6.07, 6.45) is -1.72. The van der Waals surface area contributed by atoms with Crippen LogP contribution in [0.3, 0.4) is 0 Å². The normalized spacial score (nSPS) is 13.7. The van der Waals surface area contributed by atoms with Crippen molar-refractivity contribution < 1.29 is 24.5 Å². The number of carbonyl (C=O) groups excluding carboxylic acids is 1.